The summed E-state index contributed by atoms with van der Waals surface area (Å²) in [6, 6.07) is -0.637. The molecule has 0 saturated carbocycles. The van der Waals surface area contributed by atoms with Gasteiger partial charge < -0.3 is 20.3 Å². The molecule has 2 atom stereocenters. The molecule has 0 bridgehead atoms. The number of unbranched alkanes of at least 4 members (excludes halogenated alkanes) is 35. The van der Waals surface area contributed by atoms with E-state index < -0.39 is 12.1 Å². The van der Waals surface area contributed by atoms with E-state index in [1.54, 1.807) is 6.08 Å². The van der Waals surface area contributed by atoms with Crippen molar-refractivity contribution in [3.8, 4) is 0 Å². The topological polar surface area (TPSA) is 95.9 Å². The van der Waals surface area contributed by atoms with Gasteiger partial charge in [-0.1, -0.05) is 243 Å². The fraction of sp³-hybridized carbons (Fsp3) is 0.857. The van der Waals surface area contributed by atoms with Gasteiger partial charge in [-0.25, -0.2) is 0 Å². The van der Waals surface area contributed by atoms with Crippen molar-refractivity contribution >= 4 is 11.9 Å². The number of hydrogen-bond donors (Lipinski definition) is 3. The predicted molar refractivity (Wildman–Crippen MR) is 269 cm³/mol. The van der Waals surface area contributed by atoms with Crippen LogP contribution < -0.4 is 5.32 Å². The molecule has 1 amide bonds. The first-order valence-corrected chi connectivity index (χ1v) is 27.3. The van der Waals surface area contributed by atoms with Gasteiger partial charge in [0.25, 0.3) is 0 Å². The summed E-state index contributed by atoms with van der Waals surface area (Å²) >= 11 is 0. The number of carbonyl (C=O) groups excluding carboxylic acids is 2. The van der Waals surface area contributed by atoms with Crippen LogP contribution in [0.25, 0.3) is 0 Å². The lowest BCUT2D eigenvalue weighted by Gasteiger charge is -2.20. The van der Waals surface area contributed by atoms with Crippen LogP contribution in [0.5, 0.6) is 0 Å². The molecule has 0 rings (SSSR count). The van der Waals surface area contributed by atoms with Crippen molar-refractivity contribution in [2.75, 3.05) is 13.2 Å². The highest BCUT2D eigenvalue weighted by molar-refractivity contribution is 5.76. The smallest absolute Gasteiger partial charge is 0.305 e. The average molecular weight is 872 g/mol. The van der Waals surface area contributed by atoms with Crippen LogP contribution in [0.2, 0.25) is 0 Å². The SMILES string of the molecule is CCCCC/C=C\C/C=C\CCCCCCCCCCCC(=O)OCCCCCCCCCCCCCCCC(=O)NC(CO)C(O)/C=C/CCCCCCCCCCCCC. The molecule has 6 heteroatoms. The van der Waals surface area contributed by atoms with Gasteiger partial charge in [0.1, 0.15) is 0 Å². The van der Waals surface area contributed by atoms with Crippen LogP contribution >= 0.6 is 0 Å². The lowest BCUT2D eigenvalue weighted by atomic mass is 10.0. The second-order valence-corrected chi connectivity index (χ2v) is 18.6. The van der Waals surface area contributed by atoms with Gasteiger partial charge in [-0.2, -0.15) is 0 Å². The fourth-order valence-electron chi connectivity index (χ4n) is 8.19. The van der Waals surface area contributed by atoms with Gasteiger partial charge in [0.15, 0.2) is 0 Å². The Balaban J connectivity index is 3.46. The quantitative estimate of drug-likeness (QED) is 0.0321. The summed E-state index contributed by atoms with van der Waals surface area (Å²) in [5, 5.41) is 23.0. The summed E-state index contributed by atoms with van der Waals surface area (Å²) in [4.78, 5) is 24.5. The summed E-state index contributed by atoms with van der Waals surface area (Å²) in [5.41, 5.74) is 0. The minimum Gasteiger partial charge on any atom is -0.466 e. The van der Waals surface area contributed by atoms with Crippen LogP contribution in [0, 0.1) is 0 Å². The molecule has 0 aliphatic carbocycles. The largest absolute Gasteiger partial charge is 0.466 e. The highest BCUT2D eigenvalue weighted by atomic mass is 16.5. The second-order valence-electron chi connectivity index (χ2n) is 18.6. The number of amides is 1. The number of aliphatic hydroxyl groups excluding tert-OH is 2. The predicted octanol–water partition coefficient (Wildman–Crippen LogP) is 16.5. The average Bonchev–Trinajstić information content (AvgIpc) is 3.27. The third-order valence-corrected chi connectivity index (χ3v) is 12.4. The Bertz CT molecular complexity index is 1010. The van der Waals surface area contributed by atoms with E-state index in [-0.39, 0.29) is 18.5 Å². The Kier molecular flexibility index (Phi) is 50.1. The van der Waals surface area contributed by atoms with Crippen LogP contribution in [0.4, 0.5) is 0 Å². The van der Waals surface area contributed by atoms with Crippen molar-refractivity contribution in [1.82, 2.24) is 5.32 Å². The number of carbonyl (C=O) groups is 2. The maximum absolute atomic E-state index is 12.4. The molecule has 2 unspecified atom stereocenters. The minimum atomic E-state index is -0.853. The van der Waals surface area contributed by atoms with Gasteiger partial charge in [-0.05, 0) is 64.2 Å². The molecular weight excluding hydrogens is 767 g/mol. The van der Waals surface area contributed by atoms with E-state index in [0.29, 0.717) is 19.4 Å². The molecule has 3 N–H and O–H groups in total. The number of allylic oxidation sites excluding steroid dienone is 5. The highest BCUT2D eigenvalue weighted by Gasteiger charge is 2.18. The zero-order chi connectivity index (χ0) is 45.1. The molecule has 0 aromatic heterocycles. The number of ether oxygens (including phenoxy) is 1. The first-order chi connectivity index (χ1) is 30.5. The second kappa shape index (κ2) is 51.7. The Labute approximate surface area is 385 Å². The molecule has 0 aromatic carbocycles. The van der Waals surface area contributed by atoms with Gasteiger partial charge in [0.05, 0.1) is 25.4 Å². The third kappa shape index (κ3) is 47.6. The summed E-state index contributed by atoms with van der Waals surface area (Å²) in [7, 11) is 0. The van der Waals surface area contributed by atoms with E-state index in [1.165, 1.54) is 193 Å². The molecule has 0 fully saturated rings. The molecule has 0 heterocycles. The van der Waals surface area contributed by atoms with Gasteiger partial charge in [-0.15, -0.1) is 0 Å². The van der Waals surface area contributed by atoms with E-state index in [4.69, 9.17) is 4.74 Å². The van der Waals surface area contributed by atoms with Crippen LogP contribution in [-0.4, -0.2) is 47.4 Å². The van der Waals surface area contributed by atoms with Crippen LogP contribution in [0.3, 0.4) is 0 Å². The van der Waals surface area contributed by atoms with Crippen LogP contribution in [0.15, 0.2) is 36.5 Å². The van der Waals surface area contributed by atoms with Crippen molar-refractivity contribution < 1.29 is 24.5 Å². The first kappa shape index (κ1) is 60.1. The number of nitrogens with one attached hydrogen (secondary N) is 1. The Morgan fingerprint density at radius 3 is 1.26 bits per heavy atom. The summed E-state index contributed by atoms with van der Waals surface area (Å²) < 4.78 is 5.48. The van der Waals surface area contributed by atoms with Crippen LogP contribution in [0.1, 0.15) is 284 Å². The summed E-state index contributed by atoms with van der Waals surface area (Å²) in [6.45, 7) is 4.84. The third-order valence-electron chi connectivity index (χ3n) is 12.4. The van der Waals surface area contributed by atoms with E-state index in [1.807, 2.05) is 6.08 Å². The molecule has 6 nitrogen and oxygen atoms in total. The first-order valence-electron chi connectivity index (χ1n) is 27.3. The Morgan fingerprint density at radius 2 is 0.806 bits per heavy atom. The Morgan fingerprint density at radius 1 is 0.452 bits per heavy atom. The van der Waals surface area contributed by atoms with Crippen molar-refractivity contribution in [2.24, 2.45) is 0 Å². The van der Waals surface area contributed by atoms with Crippen molar-refractivity contribution in [1.29, 1.82) is 0 Å². The molecule has 0 aliphatic heterocycles. The standard InChI is InChI=1S/C56H105NO5/c1-3-5-7-9-11-13-15-17-18-19-20-21-22-26-30-34-38-42-46-50-56(61)62-51-47-43-39-35-31-27-23-25-29-33-37-41-45-49-55(60)57-53(52-58)54(59)48-44-40-36-32-28-24-16-14-12-10-8-6-4-2/h11,13,17-18,44,48,53-54,58-59H,3-10,12,14-16,19-43,45-47,49-52H2,1-2H3,(H,57,60)/b13-11-,18-17-,48-44+. The monoisotopic (exact) mass is 872 g/mol. The number of rotatable bonds is 50. The van der Waals surface area contributed by atoms with E-state index in [2.05, 4.69) is 43.5 Å². The molecule has 0 saturated heterocycles. The van der Waals surface area contributed by atoms with Gasteiger partial charge in [-0.3, -0.25) is 9.59 Å². The summed E-state index contributed by atoms with van der Waals surface area (Å²) in [5.74, 6) is -0.0926. The molecule has 0 radical (unpaired) electrons. The molecule has 0 spiro atoms. The molecule has 364 valence electrons. The molecular formula is C56H105NO5. The Hall–Kier alpha value is -1.92. The van der Waals surface area contributed by atoms with E-state index in [0.717, 1.165) is 64.2 Å². The van der Waals surface area contributed by atoms with Gasteiger partial charge in [0.2, 0.25) is 5.91 Å². The van der Waals surface area contributed by atoms with Gasteiger partial charge >= 0.3 is 5.97 Å². The number of aliphatic hydroxyl groups is 2. The zero-order valence-corrected chi connectivity index (χ0v) is 41.4. The highest BCUT2D eigenvalue weighted by Crippen LogP contribution is 2.16. The van der Waals surface area contributed by atoms with Crippen molar-refractivity contribution in [3.05, 3.63) is 36.5 Å². The van der Waals surface area contributed by atoms with E-state index in [9.17, 15) is 19.8 Å². The maximum Gasteiger partial charge on any atom is 0.305 e. The maximum atomic E-state index is 12.4. The number of hydrogen-bond acceptors (Lipinski definition) is 5. The van der Waals surface area contributed by atoms with Gasteiger partial charge in [0, 0.05) is 12.8 Å². The lowest BCUT2D eigenvalue weighted by Crippen LogP contribution is -2.45. The normalized spacial score (nSPS) is 12.9. The van der Waals surface area contributed by atoms with Crippen molar-refractivity contribution in [3.63, 3.8) is 0 Å². The van der Waals surface area contributed by atoms with E-state index >= 15 is 0 Å². The van der Waals surface area contributed by atoms with Crippen LogP contribution in [-0.2, 0) is 14.3 Å². The minimum absolute atomic E-state index is 0.0110. The number of esters is 1. The summed E-state index contributed by atoms with van der Waals surface area (Å²) in [6.07, 6.45) is 62.9. The molecule has 0 aliphatic rings. The lowest BCUT2D eigenvalue weighted by molar-refractivity contribution is -0.143. The molecule has 62 heavy (non-hydrogen) atoms. The molecule has 0 aromatic rings. The van der Waals surface area contributed by atoms with Crippen molar-refractivity contribution in [2.45, 2.75) is 296 Å². The fourth-order valence-corrected chi connectivity index (χ4v) is 8.19. The zero-order valence-electron chi connectivity index (χ0n) is 41.4.